The van der Waals surface area contributed by atoms with Crippen molar-refractivity contribution in [2.75, 3.05) is 5.33 Å². The fourth-order valence-corrected chi connectivity index (χ4v) is 4.71. The maximum absolute atomic E-state index is 11.4. The summed E-state index contributed by atoms with van der Waals surface area (Å²) in [6.07, 6.45) is 17.1. The largest absolute Gasteiger partial charge is 0.383 e. The standard InChI is InChI=1S/C19H34Br4O2/c1-16(13-9-7-11-15-20)12-8-5-3-2-4-6-10-14-17(21)18(22)19(24)25-23/h16-18H,2-15H2,1H3. The van der Waals surface area contributed by atoms with Crippen LogP contribution in [0, 0.1) is 5.92 Å². The molecule has 0 bridgehead atoms. The smallest absolute Gasteiger partial charge is 0.332 e. The van der Waals surface area contributed by atoms with Crippen LogP contribution in [0.5, 0.6) is 0 Å². The molecule has 0 rings (SSSR count). The maximum Gasteiger partial charge on any atom is 0.332 e. The van der Waals surface area contributed by atoms with Crippen molar-refractivity contribution in [1.82, 2.24) is 0 Å². The van der Waals surface area contributed by atoms with Gasteiger partial charge in [0, 0.05) is 10.2 Å². The molecule has 2 nitrogen and oxygen atoms in total. The first-order chi connectivity index (χ1) is 12.0. The van der Waals surface area contributed by atoms with E-state index in [1.165, 1.54) is 70.6 Å². The van der Waals surface area contributed by atoms with Gasteiger partial charge in [0.25, 0.3) is 0 Å². The molecule has 0 amide bonds. The third kappa shape index (κ3) is 16.1. The predicted molar refractivity (Wildman–Crippen MR) is 123 cm³/mol. The van der Waals surface area contributed by atoms with Gasteiger partial charge in [-0.1, -0.05) is 125 Å². The maximum atomic E-state index is 11.4. The molecule has 0 aliphatic heterocycles. The van der Waals surface area contributed by atoms with E-state index in [0.717, 1.165) is 24.1 Å². The van der Waals surface area contributed by atoms with Crippen LogP contribution in [0.15, 0.2) is 0 Å². The highest BCUT2D eigenvalue weighted by molar-refractivity contribution is 9.12. The lowest BCUT2D eigenvalue weighted by molar-refractivity contribution is -0.131. The molecule has 6 heteroatoms. The number of unbranched alkanes of at least 4 members (excludes halogenated alkanes) is 8. The molecule has 3 atom stereocenters. The Morgan fingerprint density at radius 1 is 0.800 bits per heavy atom. The van der Waals surface area contributed by atoms with Gasteiger partial charge in [0.1, 0.15) is 4.83 Å². The van der Waals surface area contributed by atoms with E-state index in [4.69, 9.17) is 0 Å². The van der Waals surface area contributed by atoms with E-state index in [2.05, 4.69) is 74.8 Å². The lowest BCUT2D eigenvalue weighted by Gasteiger charge is -2.13. The van der Waals surface area contributed by atoms with Crippen LogP contribution in [0.2, 0.25) is 0 Å². The zero-order valence-corrected chi connectivity index (χ0v) is 21.8. The minimum atomic E-state index is -0.284. The van der Waals surface area contributed by atoms with E-state index in [1.54, 1.807) is 0 Å². The Labute approximate surface area is 188 Å². The van der Waals surface area contributed by atoms with Crippen molar-refractivity contribution in [3.8, 4) is 0 Å². The molecule has 0 N–H and O–H groups in total. The summed E-state index contributed by atoms with van der Waals surface area (Å²) in [5.41, 5.74) is 0. The van der Waals surface area contributed by atoms with Crippen molar-refractivity contribution >= 4 is 70.0 Å². The molecular formula is C19H34Br4O2. The lowest BCUT2D eigenvalue weighted by atomic mass is 9.96. The first-order valence-corrected chi connectivity index (χ1v) is 13.3. The lowest BCUT2D eigenvalue weighted by Crippen LogP contribution is -2.24. The van der Waals surface area contributed by atoms with Crippen LogP contribution in [0.1, 0.15) is 90.4 Å². The highest BCUT2D eigenvalue weighted by Gasteiger charge is 2.24. The van der Waals surface area contributed by atoms with Crippen LogP contribution < -0.4 is 0 Å². The van der Waals surface area contributed by atoms with Gasteiger partial charge in [0.05, 0.1) is 0 Å². The van der Waals surface area contributed by atoms with Crippen molar-refractivity contribution < 1.29 is 8.62 Å². The molecule has 0 saturated heterocycles. The minimum Gasteiger partial charge on any atom is -0.383 e. The number of alkyl halides is 3. The van der Waals surface area contributed by atoms with E-state index in [9.17, 15) is 4.79 Å². The molecular weight excluding hydrogens is 580 g/mol. The van der Waals surface area contributed by atoms with Gasteiger partial charge in [-0.25, -0.2) is 4.79 Å². The fraction of sp³-hybridized carbons (Fsp3) is 0.947. The van der Waals surface area contributed by atoms with Gasteiger partial charge >= 0.3 is 5.97 Å². The van der Waals surface area contributed by atoms with E-state index >= 15 is 0 Å². The minimum absolute atomic E-state index is 0.133. The van der Waals surface area contributed by atoms with Gasteiger partial charge in [-0.05, 0) is 18.8 Å². The number of rotatable bonds is 17. The molecule has 0 spiro atoms. The summed E-state index contributed by atoms with van der Waals surface area (Å²) in [5, 5.41) is 1.15. The second-order valence-corrected chi connectivity index (χ2v) is 10.3. The molecule has 0 aromatic rings. The highest BCUT2D eigenvalue weighted by atomic mass is 79.9. The molecule has 0 aliphatic rings. The van der Waals surface area contributed by atoms with E-state index < -0.39 is 0 Å². The summed E-state index contributed by atoms with van der Waals surface area (Å²) in [4.78, 5) is 11.2. The van der Waals surface area contributed by atoms with Gasteiger partial charge in [0.2, 0.25) is 0 Å². The first-order valence-electron chi connectivity index (χ1n) is 9.69. The molecule has 0 radical (unpaired) electrons. The second-order valence-electron chi connectivity index (χ2n) is 7.01. The van der Waals surface area contributed by atoms with Crippen LogP contribution in [0.3, 0.4) is 0 Å². The first kappa shape index (κ1) is 26.4. The summed E-state index contributed by atoms with van der Waals surface area (Å²) in [7, 11) is 0. The Morgan fingerprint density at radius 2 is 1.24 bits per heavy atom. The van der Waals surface area contributed by atoms with Crippen molar-refractivity contribution in [2.24, 2.45) is 5.92 Å². The zero-order valence-electron chi connectivity index (χ0n) is 15.5. The highest BCUT2D eigenvalue weighted by Crippen LogP contribution is 2.23. The van der Waals surface area contributed by atoms with Crippen molar-refractivity contribution in [3.63, 3.8) is 0 Å². The molecule has 0 saturated carbocycles. The second kappa shape index (κ2) is 18.7. The van der Waals surface area contributed by atoms with Gasteiger partial charge in [-0.3, -0.25) is 0 Å². The Morgan fingerprint density at radius 3 is 1.72 bits per heavy atom. The molecule has 0 heterocycles. The topological polar surface area (TPSA) is 26.3 Å². The molecule has 25 heavy (non-hydrogen) atoms. The fourth-order valence-electron chi connectivity index (χ4n) is 2.96. The molecule has 0 aliphatic carbocycles. The summed E-state index contributed by atoms with van der Waals surface area (Å²) < 4.78 is 4.56. The Hall–Kier alpha value is 1.39. The Bertz CT molecular complexity index is 316. The van der Waals surface area contributed by atoms with E-state index in [-0.39, 0.29) is 15.6 Å². The molecule has 0 fully saturated rings. The van der Waals surface area contributed by atoms with Crippen molar-refractivity contribution in [2.45, 2.75) is 100 Å². The number of hydrogen-bond donors (Lipinski definition) is 0. The predicted octanol–water partition coefficient (Wildman–Crippen LogP) is 8.47. The quantitative estimate of drug-likeness (QED) is 0.122. The zero-order chi connectivity index (χ0) is 18.9. The van der Waals surface area contributed by atoms with Gasteiger partial charge in [0.15, 0.2) is 16.3 Å². The monoisotopic (exact) mass is 610 g/mol. The molecule has 0 aromatic carbocycles. The normalized spacial score (nSPS) is 14.9. The summed E-state index contributed by atoms with van der Waals surface area (Å²) >= 11 is 13.1. The molecule has 0 aromatic heterocycles. The molecule has 150 valence electrons. The molecule has 3 unspecified atom stereocenters. The van der Waals surface area contributed by atoms with Gasteiger partial charge < -0.3 is 3.83 Å². The Kier molecular flexibility index (Phi) is 19.8. The number of hydrogen-bond acceptors (Lipinski definition) is 2. The Balaban J connectivity index is 3.37. The summed E-state index contributed by atoms with van der Waals surface area (Å²) in [6.45, 7) is 2.41. The third-order valence-corrected chi connectivity index (χ3v) is 8.21. The van der Waals surface area contributed by atoms with Crippen LogP contribution in [0.4, 0.5) is 0 Å². The van der Waals surface area contributed by atoms with Crippen molar-refractivity contribution in [1.29, 1.82) is 0 Å². The third-order valence-electron chi connectivity index (χ3n) is 4.63. The summed E-state index contributed by atoms with van der Waals surface area (Å²) in [6, 6.07) is 0. The average Bonchev–Trinajstić information content (AvgIpc) is 2.62. The van der Waals surface area contributed by atoms with Gasteiger partial charge in [-0.2, -0.15) is 0 Å². The van der Waals surface area contributed by atoms with E-state index in [1.807, 2.05) is 0 Å². The number of halogens is 4. The SMILES string of the molecule is CC(CCCCCBr)CCCCCCCCCC(Br)C(Br)C(=O)OBr. The number of carbonyl (C=O) groups is 1. The van der Waals surface area contributed by atoms with Crippen LogP contribution >= 0.6 is 64.0 Å². The van der Waals surface area contributed by atoms with Crippen LogP contribution in [-0.4, -0.2) is 21.0 Å². The number of carbonyl (C=O) groups excluding carboxylic acids is 1. The average molecular weight is 614 g/mol. The van der Waals surface area contributed by atoms with Gasteiger partial charge in [-0.15, -0.1) is 0 Å². The van der Waals surface area contributed by atoms with Crippen LogP contribution in [-0.2, 0) is 8.62 Å². The summed E-state index contributed by atoms with van der Waals surface area (Å²) in [5.74, 6) is 0.619. The van der Waals surface area contributed by atoms with Crippen molar-refractivity contribution in [3.05, 3.63) is 0 Å². The van der Waals surface area contributed by atoms with E-state index in [0.29, 0.717) is 0 Å². The van der Waals surface area contributed by atoms with Crippen LogP contribution in [0.25, 0.3) is 0 Å².